The molecule has 0 heterocycles. The maximum Gasteiger partial charge on any atom is 0.238 e. The van der Waals surface area contributed by atoms with Crippen LogP contribution in [0.2, 0.25) is 0 Å². The van der Waals surface area contributed by atoms with Gasteiger partial charge in [-0.15, -0.1) is 6.58 Å². The van der Waals surface area contributed by atoms with Gasteiger partial charge >= 0.3 is 0 Å². The van der Waals surface area contributed by atoms with Crippen LogP contribution in [0.25, 0.3) is 0 Å². The number of aryl methyl sites for hydroxylation is 1. The number of nitrogens with zero attached hydrogens (tertiary/aromatic N) is 1. The number of benzene rings is 1. The molecule has 0 aromatic heterocycles. The van der Waals surface area contributed by atoms with Crippen molar-refractivity contribution in [3.63, 3.8) is 0 Å². The summed E-state index contributed by atoms with van der Waals surface area (Å²) in [5.74, 6) is -0.0837. The van der Waals surface area contributed by atoms with Crippen LogP contribution < -0.4 is 5.32 Å². The van der Waals surface area contributed by atoms with E-state index in [0.717, 1.165) is 14.8 Å². The number of amides is 1. The minimum Gasteiger partial charge on any atom is -0.395 e. The number of anilines is 1. The second-order valence-electron chi connectivity index (χ2n) is 4.25. The Morgan fingerprint density at radius 1 is 1.58 bits per heavy atom. The molecule has 2 N–H and O–H groups in total. The maximum atomic E-state index is 11.9. The minimum atomic E-state index is -0.0837. The van der Waals surface area contributed by atoms with Crippen molar-refractivity contribution < 1.29 is 9.90 Å². The quantitative estimate of drug-likeness (QED) is 0.567. The Kier molecular flexibility index (Phi) is 7.04. The van der Waals surface area contributed by atoms with Crippen molar-refractivity contribution in [1.29, 1.82) is 0 Å². The third-order valence-corrected chi connectivity index (χ3v) is 3.30. The Labute approximate surface area is 127 Å². The van der Waals surface area contributed by atoms with E-state index >= 15 is 0 Å². The van der Waals surface area contributed by atoms with E-state index in [2.05, 4.69) is 34.5 Å². The predicted octanol–water partition coefficient (Wildman–Crippen LogP) is 2.02. The normalized spacial score (nSPS) is 10.5. The molecule has 0 spiro atoms. The van der Waals surface area contributed by atoms with Gasteiger partial charge in [0.1, 0.15) is 0 Å². The van der Waals surface area contributed by atoms with Crippen LogP contribution in [0, 0.1) is 10.5 Å². The smallest absolute Gasteiger partial charge is 0.238 e. The number of nitrogens with one attached hydrogen (secondary N) is 1. The van der Waals surface area contributed by atoms with Gasteiger partial charge in [0.15, 0.2) is 0 Å². The molecule has 5 heteroatoms. The summed E-state index contributed by atoms with van der Waals surface area (Å²) in [5.41, 5.74) is 1.87. The first-order chi connectivity index (χ1) is 9.06. The van der Waals surface area contributed by atoms with Gasteiger partial charge in [-0.3, -0.25) is 9.69 Å². The Hall–Kier alpha value is -0.920. The molecule has 0 radical (unpaired) electrons. The maximum absolute atomic E-state index is 11.9. The Bertz CT molecular complexity index is 449. The standard InChI is InChI=1S/C14H19IN2O2/c1-3-6-17(7-8-18)10-14(19)16-13-5-4-12(15)9-11(13)2/h3-5,9,18H,1,6-8,10H2,2H3,(H,16,19). The van der Waals surface area contributed by atoms with Crippen molar-refractivity contribution >= 4 is 34.2 Å². The van der Waals surface area contributed by atoms with Crippen molar-refractivity contribution in [3.05, 3.63) is 40.0 Å². The molecule has 0 aliphatic rings. The summed E-state index contributed by atoms with van der Waals surface area (Å²) in [4.78, 5) is 13.8. The van der Waals surface area contributed by atoms with Crippen LogP contribution in [0.15, 0.2) is 30.9 Å². The zero-order valence-electron chi connectivity index (χ0n) is 11.0. The molecule has 1 amide bonds. The van der Waals surface area contributed by atoms with E-state index in [4.69, 9.17) is 5.11 Å². The highest BCUT2D eigenvalue weighted by Gasteiger charge is 2.10. The highest BCUT2D eigenvalue weighted by atomic mass is 127. The first-order valence-electron chi connectivity index (χ1n) is 6.07. The summed E-state index contributed by atoms with van der Waals surface area (Å²) in [6.45, 7) is 6.93. The first-order valence-corrected chi connectivity index (χ1v) is 7.14. The van der Waals surface area contributed by atoms with Gasteiger partial charge in [0.25, 0.3) is 0 Å². The van der Waals surface area contributed by atoms with Crippen LogP contribution in [0.5, 0.6) is 0 Å². The van der Waals surface area contributed by atoms with E-state index in [0.29, 0.717) is 13.1 Å². The topological polar surface area (TPSA) is 52.6 Å². The summed E-state index contributed by atoms with van der Waals surface area (Å²) in [6.07, 6.45) is 1.72. The largest absolute Gasteiger partial charge is 0.395 e. The minimum absolute atomic E-state index is 0.0314. The third-order valence-electron chi connectivity index (χ3n) is 2.63. The number of halogens is 1. The molecule has 1 aromatic carbocycles. The fourth-order valence-corrected chi connectivity index (χ4v) is 2.37. The Morgan fingerprint density at radius 3 is 2.89 bits per heavy atom. The van der Waals surface area contributed by atoms with Gasteiger partial charge in [-0.05, 0) is 53.3 Å². The number of rotatable bonds is 7. The molecule has 0 aliphatic heterocycles. The lowest BCUT2D eigenvalue weighted by Crippen LogP contribution is -2.35. The van der Waals surface area contributed by atoms with Crippen molar-refractivity contribution in [2.45, 2.75) is 6.92 Å². The lowest BCUT2D eigenvalue weighted by atomic mass is 10.2. The number of aliphatic hydroxyl groups excluding tert-OH is 1. The van der Waals surface area contributed by atoms with Crippen molar-refractivity contribution in [1.82, 2.24) is 4.90 Å². The Balaban J connectivity index is 2.60. The van der Waals surface area contributed by atoms with Gasteiger partial charge in [0.2, 0.25) is 5.91 Å². The van der Waals surface area contributed by atoms with Crippen LogP contribution in [0.3, 0.4) is 0 Å². The Morgan fingerprint density at radius 2 is 2.32 bits per heavy atom. The lowest BCUT2D eigenvalue weighted by molar-refractivity contribution is -0.117. The average molecular weight is 374 g/mol. The van der Waals surface area contributed by atoms with Gasteiger partial charge in [0.05, 0.1) is 13.2 Å². The van der Waals surface area contributed by atoms with Crippen molar-refractivity contribution in [2.24, 2.45) is 0 Å². The highest BCUT2D eigenvalue weighted by Crippen LogP contribution is 2.17. The van der Waals surface area contributed by atoms with E-state index < -0.39 is 0 Å². The molecular formula is C14H19IN2O2. The third kappa shape index (κ3) is 5.71. The van der Waals surface area contributed by atoms with Crippen LogP contribution in [-0.2, 0) is 4.79 Å². The van der Waals surface area contributed by atoms with Gasteiger partial charge in [-0.2, -0.15) is 0 Å². The molecule has 0 atom stereocenters. The second-order valence-corrected chi connectivity index (χ2v) is 5.50. The zero-order chi connectivity index (χ0) is 14.3. The van der Waals surface area contributed by atoms with Crippen LogP contribution in [0.4, 0.5) is 5.69 Å². The fourth-order valence-electron chi connectivity index (χ4n) is 1.72. The molecule has 0 bridgehead atoms. The fraction of sp³-hybridized carbons (Fsp3) is 0.357. The molecule has 19 heavy (non-hydrogen) atoms. The molecule has 0 saturated heterocycles. The zero-order valence-corrected chi connectivity index (χ0v) is 13.2. The molecule has 4 nitrogen and oxygen atoms in total. The first kappa shape index (κ1) is 16.1. The molecule has 0 aliphatic carbocycles. The van der Waals surface area contributed by atoms with E-state index in [1.165, 1.54) is 0 Å². The molecule has 0 fully saturated rings. The predicted molar refractivity (Wildman–Crippen MR) is 86.2 cm³/mol. The number of aliphatic hydroxyl groups is 1. The number of carbonyl (C=O) groups excluding carboxylic acids is 1. The average Bonchev–Trinajstić information content (AvgIpc) is 2.33. The van der Waals surface area contributed by atoms with Crippen LogP contribution in [-0.4, -0.2) is 42.2 Å². The molecule has 0 saturated carbocycles. The van der Waals surface area contributed by atoms with Crippen molar-refractivity contribution in [3.8, 4) is 0 Å². The second kappa shape index (κ2) is 8.29. The van der Waals surface area contributed by atoms with Gasteiger partial charge in [-0.1, -0.05) is 6.08 Å². The monoisotopic (exact) mass is 374 g/mol. The van der Waals surface area contributed by atoms with Gasteiger partial charge < -0.3 is 10.4 Å². The van der Waals surface area contributed by atoms with E-state index in [-0.39, 0.29) is 19.1 Å². The van der Waals surface area contributed by atoms with Gasteiger partial charge in [0, 0.05) is 22.3 Å². The molecule has 104 valence electrons. The molecule has 1 aromatic rings. The number of hydrogen-bond donors (Lipinski definition) is 2. The number of carbonyl (C=O) groups is 1. The van der Waals surface area contributed by atoms with Crippen molar-refractivity contribution in [2.75, 3.05) is 31.6 Å². The molecule has 0 unspecified atom stereocenters. The van der Waals surface area contributed by atoms with E-state index in [1.807, 2.05) is 30.0 Å². The van der Waals surface area contributed by atoms with E-state index in [1.54, 1.807) is 6.08 Å². The summed E-state index contributed by atoms with van der Waals surface area (Å²) in [6, 6.07) is 5.88. The summed E-state index contributed by atoms with van der Waals surface area (Å²) in [5, 5.41) is 11.8. The summed E-state index contributed by atoms with van der Waals surface area (Å²) >= 11 is 2.24. The van der Waals surface area contributed by atoms with Crippen LogP contribution in [0.1, 0.15) is 5.56 Å². The molecular weight excluding hydrogens is 355 g/mol. The SMILES string of the molecule is C=CCN(CCO)CC(=O)Nc1ccc(I)cc1C. The van der Waals surface area contributed by atoms with Gasteiger partial charge in [-0.25, -0.2) is 0 Å². The number of hydrogen-bond acceptors (Lipinski definition) is 3. The van der Waals surface area contributed by atoms with Crippen LogP contribution >= 0.6 is 22.6 Å². The van der Waals surface area contributed by atoms with E-state index in [9.17, 15) is 4.79 Å². The lowest BCUT2D eigenvalue weighted by Gasteiger charge is -2.19. The summed E-state index contributed by atoms with van der Waals surface area (Å²) < 4.78 is 1.14. The summed E-state index contributed by atoms with van der Waals surface area (Å²) in [7, 11) is 0. The highest BCUT2D eigenvalue weighted by molar-refractivity contribution is 14.1. The molecule has 1 rings (SSSR count).